The SMILES string of the molecule is C=CCSC1=NN2[C@@H](c3cc([N+](=O)[O-])ccc3Cl)Nc3ccccc3[C@H]2C(=O)N1. The van der Waals surface area contributed by atoms with Gasteiger partial charge in [-0.15, -0.1) is 11.7 Å². The van der Waals surface area contributed by atoms with Gasteiger partial charge in [-0.25, -0.2) is 0 Å². The van der Waals surface area contributed by atoms with Crippen LogP contribution in [0.2, 0.25) is 5.02 Å². The third-order valence-electron chi connectivity index (χ3n) is 4.58. The number of hydrazone groups is 1. The first-order chi connectivity index (χ1) is 14.0. The quantitative estimate of drug-likeness (QED) is 0.432. The molecule has 2 aliphatic heterocycles. The number of amidine groups is 1. The predicted octanol–water partition coefficient (Wildman–Crippen LogP) is 4.04. The predicted molar refractivity (Wildman–Crippen MR) is 114 cm³/mol. The molecule has 10 heteroatoms. The molecule has 2 aliphatic rings. The van der Waals surface area contributed by atoms with Gasteiger partial charge in [0.2, 0.25) is 0 Å². The Hall–Kier alpha value is -3.04. The van der Waals surface area contributed by atoms with Crippen LogP contribution in [-0.4, -0.2) is 26.8 Å². The van der Waals surface area contributed by atoms with E-state index >= 15 is 0 Å². The number of rotatable bonds is 4. The van der Waals surface area contributed by atoms with Crippen molar-refractivity contribution in [1.29, 1.82) is 0 Å². The van der Waals surface area contributed by atoms with Crippen molar-refractivity contribution in [2.75, 3.05) is 11.1 Å². The van der Waals surface area contributed by atoms with Crippen molar-refractivity contribution in [3.8, 4) is 0 Å². The normalized spacial score (nSPS) is 20.0. The standard InChI is InChI=1S/C19H16ClN5O3S/c1-2-9-29-19-22-18(26)16-12-5-3-4-6-15(12)21-17(24(16)23-19)13-10-11(25(27)28)7-8-14(13)20/h2-8,10,16-17,21H,1,9H2,(H,22,23,26)/t16-,17-/m0/s1. The largest absolute Gasteiger partial charge is 0.360 e. The lowest BCUT2D eigenvalue weighted by Crippen LogP contribution is -2.51. The maximum atomic E-state index is 13.0. The van der Waals surface area contributed by atoms with E-state index < -0.39 is 17.1 Å². The van der Waals surface area contributed by atoms with Crippen molar-refractivity contribution in [3.63, 3.8) is 0 Å². The van der Waals surface area contributed by atoms with Crippen molar-refractivity contribution in [3.05, 3.63) is 81.4 Å². The summed E-state index contributed by atoms with van der Waals surface area (Å²) in [5.41, 5.74) is 1.88. The number of anilines is 1. The van der Waals surface area contributed by atoms with Gasteiger partial charge in [-0.05, 0) is 12.1 Å². The van der Waals surface area contributed by atoms with E-state index in [-0.39, 0.29) is 11.6 Å². The van der Waals surface area contributed by atoms with E-state index in [2.05, 4.69) is 22.3 Å². The first-order valence-corrected chi connectivity index (χ1v) is 10.1. The number of hydrogen-bond donors (Lipinski definition) is 2. The first-order valence-electron chi connectivity index (χ1n) is 8.70. The van der Waals surface area contributed by atoms with E-state index in [4.69, 9.17) is 11.6 Å². The number of carbonyl (C=O) groups is 1. The fraction of sp³-hybridized carbons (Fsp3) is 0.158. The number of hydrogen-bond acceptors (Lipinski definition) is 7. The second-order valence-corrected chi connectivity index (χ2v) is 7.79. The molecule has 2 atom stereocenters. The number of nitrogens with zero attached hydrogens (tertiary/aromatic N) is 3. The van der Waals surface area contributed by atoms with Gasteiger partial charge >= 0.3 is 0 Å². The molecule has 0 radical (unpaired) electrons. The van der Waals surface area contributed by atoms with Gasteiger partial charge in [0.15, 0.2) is 11.2 Å². The zero-order valence-electron chi connectivity index (χ0n) is 15.0. The lowest BCUT2D eigenvalue weighted by Gasteiger charge is -2.43. The number of nitro benzene ring substituents is 1. The van der Waals surface area contributed by atoms with Gasteiger partial charge < -0.3 is 10.6 Å². The molecule has 2 aromatic rings. The number of nitro groups is 1. The van der Waals surface area contributed by atoms with Crippen LogP contribution < -0.4 is 10.6 Å². The molecule has 148 valence electrons. The van der Waals surface area contributed by atoms with Gasteiger partial charge in [-0.1, -0.05) is 47.6 Å². The minimum atomic E-state index is -0.694. The van der Waals surface area contributed by atoms with Crippen LogP contribution in [0.5, 0.6) is 0 Å². The van der Waals surface area contributed by atoms with Crippen LogP contribution in [0.15, 0.2) is 60.2 Å². The molecule has 29 heavy (non-hydrogen) atoms. The Labute approximate surface area is 175 Å². The number of amides is 1. The molecule has 0 bridgehead atoms. The third kappa shape index (κ3) is 3.54. The zero-order valence-corrected chi connectivity index (χ0v) is 16.6. The van der Waals surface area contributed by atoms with Crippen molar-refractivity contribution in [1.82, 2.24) is 10.3 Å². The fourth-order valence-electron chi connectivity index (χ4n) is 3.33. The maximum Gasteiger partial charge on any atom is 0.269 e. The second kappa shape index (κ2) is 7.76. The number of halogens is 1. The van der Waals surface area contributed by atoms with E-state index in [1.807, 2.05) is 24.3 Å². The fourth-order valence-corrected chi connectivity index (χ4v) is 4.15. The average Bonchev–Trinajstić information content (AvgIpc) is 2.71. The Kier molecular flexibility index (Phi) is 5.16. The van der Waals surface area contributed by atoms with Gasteiger partial charge in [0.25, 0.3) is 11.6 Å². The van der Waals surface area contributed by atoms with Crippen LogP contribution in [0, 0.1) is 10.1 Å². The highest BCUT2D eigenvalue weighted by Gasteiger charge is 2.42. The Morgan fingerprint density at radius 2 is 2.10 bits per heavy atom. The van der Waals surface area contributed by atoms with Crippen LogP contribution >= 0.6 is 23.4 Å². The number of fused-ring (bicyclic) bond motifs is 3. The summed E-state index contributed by atoms with van der Waals surface area (Å²) in [5, 5.41) is 24.4. The molecular formula is C19H16ClN5O3S. The van der Waals surface area contributed by atoms with E-state index in [9.17, 15) is 14.9 Å². The third-order valence-corrected chi connectivity index (χ3v) is 5.79. The summed E-state index contributed by atoms with van der Waals surface area (Å²) in [4.78, 5) is 23.8. The minimum absolute atomic E-state index is 0.0895. The van der Waals surface area contributed by atoms with Crippen molar-refractivity contribution >= 4 is 45.8 Å². The molecule has 2 aromatic carbocycles. The van der Waals surface area contributed by atoms with Gasteiger partial charge in [0.05, 0.1) is 4.92 Å². The molecule has 1 amide bonds. The molecule has 0 spiro atoms. The van der Waals surface area contributed by atoms with Crippen LogP contribution in [0.3, 0.4) is 0 Å². The number of non-ortho nitro benzene ring substituents is 1. The molecule has 0 saturated carbocycles. The smallest absolute Gasteiger partial charge is 0.269 e. The molecular weight excluding hydrogens is 414 g/mol. The van der Waals surface area contributed by atoms with Gasteiger partial charge in [-0.3, -0.25) is 19.9 Å². The van der Waals surface area contributed by atoms with Crippen LogP contribution in [-0.2, 0) is 4.79 Å². The van der Waals surface area contributed by atoms with Gasteiger partial charge in [-0.2, -0.15) is 0 Å². The first kappa shape index (κ1) is 19.3. The summed E-state index contributed by atoms with van der Waals surface area (Å²) in [6.07, 6.45) is 1.05. The Morgan fingerprint density at radius 1 is 1.31 bits per heavy atom. The molecule has 0 aromatic heterocycles. The van der Waals surface area contributed by atoms with Crippen molar-refractivity contribution < 1.29 is 9.72 Å². The number of carbonyl (C=O) groups excluding carboxylic acids is 1. The van der Waals surface area contributed by atoms with E-state index in [1.54, 1.807) is 11.1 Å². The lowest BCUT2D eigenvalue weighted by molar-refractivity contribution is -0.384. The van der Waals surface area contributed by atoms with E-state index in [0.717, 1.165) is 11.3 Å². The van der Waals surface area contributed by atoms with Crippen molar-refractivity contribution in [2.45, 2.75) is 12.2 Å². The van der Waals surface area contributed by atoms with E-state index in [1.165, 1.54) is 30.0 Å². The molecule has 0 saturated heterocycles. The molecule has 8 nitrogen and oxygen atoms in total. The lowest BCUT2D eigenvalue weighted by atomic mass is 9.97. The zero-order chi connectivity index (χ0) is 20.5. The van der Waals surface area contributed by atoms with Crippen LogP contribution in [0.25, 0.3) is 0 Å². The van der Waals surface area contributed by atoms with Gasteiger partial charge in [0, 0.05) is 39.7 Å². The molecule has 2 heterocycles. The van der Waals surface area contributed by atoms with Crippen LogP contribution in [0.1, 0.15) is 23.3 Å². The molecule has 0 fully saturated rings. The van der Waals surface area contributed by atoms with Crippen molar-refractivity contribution in [2.24, 2.45) is 5.10 Å². The number of para-hydroxylation sites is 1. The Bertz CT molecular complexity index is 1040. The monoisotopic (exact) mass is 429 g/mol. The molecule has 0 aliphatic carbocycles. The average molecular weight is 430 g/mol. The molecule has 0 unspecified atom stereocenters. The number of nitrogens with one attached hydrogen (secondary N) is 2. The molecule has 2 N–H and O–H groups in total. The highest BCUT2D eigenvalue weighted by Crippen LogP contribution is 2.44. The summed E-state index contributed by atoms with van der Waals surface area (Å²) in [5.74, 6) is 0.344. The summed E-state index contributed by atoms with van der Waals surface area (Å²) in [6.45, 7) is 3.68. The Morgan fingerprint density at radius 3 is 2.86 bits per heavy atom. The minimum Gasteiger partial charge on any atom is -0.360 e. The second-order valence-electron chi connectivity index (χ2n) is 6.37. The van der Waals surface area contributed by atoms with E-state index in [0.29, 0.717) is 21.5 Å². The summed E-state index contributed by atoms with van der Waals surface area (Å²) in [6, 6.07) is 10.9. The highest BCUT2D eigenvalue weighted by molar-refractivity contribution is 8.14. The molecule has 4 rings (SSSR count). The van der Waals surface area contributed by atoms with Crippen LogP contribution in [0.4, 0.5) is 11.4 Å². The summed E-state index contributed by atoms with van der Waals surface area (Å²) >= 11 is 7.73. The summed E-state index contributed by atoms with van der Waals surface area (Å²) < 4.78 is 0. The number of thioether (sulfide) groups is 1. The summed E-state index contributed by atoms with van der Waals surface area (Å²) in [7, 11) is 0. The van der Waals surface area contributed by atoms with Gasteiger partial charge in [0.1, 0.15) is 6.17 Å². The number of benzene rings is 2. The Balaban J connectivity index is 1.85. The highest BCUT2D eigenvalue weighted by atomic mass is 35.5. The topological polar surface area (TPSA) is 99.9 Å². The maximum absolute atomic E-state index is 13.0.